The minimum Gasteiger partial charge on any atom is -0.473 e. The summed E-state index contributed by atoms with van der Waals surface area (Å²) in [6.07, 6.45) is 0. The van der Waals surface area contributed by atoms with Gasteiger partial charge in [0.05, 0.1) is 16.5 Å². The maximum Gasteiger partial charge on any atom is 0.350 e. The van der Waals surface area contributed by atoms with Crippen molar-refractivity contribution in [2.75, 3.05) is 13.7 Å². The van der Waals surface area contributed by atoms with Crippen LogP contribution in [0, 0.1) is 21.7 Å². The number of nitro benzene ring substituents is 1. The first kappa shape index (κ1) is 14.3. The van der Waals surface area contributed by atoms with Gasteiger partial charge in [0.15, 0.2) is 12.4 Å². The molecule has 0 spiro atoms. The third-order valence-corrected chi connectivity index (χ3v) is 2.42. The van der Waals surface area contributed by atoms with E-state index in [0.717, 1.165) is 7.11 Å². The van der Waals surface area contributed by atoms with E-state index < -0.39 is 45.0 Å². The Balaban J connectivity index is 3.20. The van der Waals surface area contributed by atoms with Crippen LogP contribution in [0.15, 0.2) is 10.5 Å². The Bertz CT molecular complexity index is 508. The number of nitro groups is 1. The number of hydrogen-bond donors (Lipinski definition) is 0. The first-order valence-electron chi connectivity index (χ1n) is 4.40. The highest BCUT2D eigenvalue weighted by atomic mass is 79.9. The maximum absolute atomic E-state index is 13.4. The number of nitrogens with zero attached hydrogens (tertiary/aromatic N) is 1. The van der Waals surface area contributed by atoms with E-state index in [1.54, 1.807) is 0 Å². The van der Waals surface area contributed by atoms with Crippen molar-refractivity contribution in [3.05, 3.63) is 32.3 Å². The highest BCUT2D eigenvalue weighted by molar-refractivity contribution is 9.10. The summed E-state index contributed by atoms with van der Waals surface area (Å²) in [5.41, 5.74) is -1.19. The average molecular weight is 326 g/mol. The molecule has 0 bridgehead atoms. The maximum atomic E-state index is 13.4. The molecule has 1 rings (SSSR count). The number of benzene rings is 1. The van der Waals surface area contributed by atoms with Crippen LogP contribution < -0.4 is 4.74 Å². The van der Waals surface area contributed by atoms with Crippen molar-refractivity contribution >= 4 is 27.6 Å². The van der Waals surface area contributed by atoms with Crippen LogP contribution in [-0.4, -0.2) is 24.6 Å². The Kier molecular flexibility index (Phi) is 4.54. The van der Waals surface area contributed by atoms with E-state index in [2.05, 4.69) is 25.4 Å². The van der Waals surface area contributed by atoms with Gasteiger partial charge >= 0.3 is 11.7 Å². The molecule has 0 aliphatic heterocycles. The number of esters is 1. The summed E-state index contributed by atoms with van der Waals surface area (Å²) in [5.74, 6) is -4.29. The van der Waals surface area contributed by atoms with Crippen molar-refractivity contribution in [3.63, 3.8) is 0 Å². The molecule has 0 fully saturated rings. The van der Waals surface area contributed by atoms with Crippen LogP contribution in [0.25, 0.3) is 0 Å². The summed E-state index contributed by atoms with van der Waals surface area (Å²) in [7, 11) is 1.05. The normalized spacial score (nSPS) is 10.0. The molecule has 0 N–H and O–H groups in total. The van der Waals surface area contributed by atoms with Crippen LogP contribution in [0.4, 0.5) is 14.5 Å². The lowest BCUT2D eigenvalue weighted by molar-refractivity contribution is -0.388. The van der Waals surface area contributed by atoms with E-state index in [9.17, 15) is 23.7 Å². The van der Waals surface area contributed by atoms with E-state index in [-0.39, 0.29) is 0 Å². The molecule has 18 heavy (non-hydrogen) atoms. The first-order valence-corrected chi connectivity index (χ1v) is 5.19. The van der Waals surface area contributed by atoms with Crippen molar-refractivity contribution in [1.29, 1.82) is 0 Å². The molecule has 0 saturated heterocycles. The zero-order valence-electron chi connectivity index (χ0n) is 8.91. The smallest absolute Gasteiger partial charge is 0.350 e. The van der Waals surface area contributed by atoms with Gasteiger partial charge < -0.3 is 9.47 Å². The number of halogens is 3. The third-order valence-electron chi connectivity index (χ3n) is 1.85. The van der Waals surface area contributed by atoms with Gasteiger partial charge in [-0.3, -0.25) is 10.1 Å². The van der Waals surface area contributed by atoms with E-state index in [4.69, 9.17) is 0 Å². The fourth-order valence-electron chi connectivity index (χ4n) is 1.06. The van der Waals surface area contributed by atoms with Crippen LogP contribution in [0.2, 0.25) is 0 Å². The molecule has 0 aliphatic rings. The van der Waals surface area contributed by atoms with Crippen molar-refractivity contribution in [3.8, 4) is 5.75 Å². The molecule has 0 aliphatic carbocycles. The number of hydrogen-bond acceptors (Lipinski definition) is 5. The molecule has 1 aromatic carbocycles. The van der Waals surface area contributed by atoms with E-state index >= 15 is 0 Å². The van der Waals surface area contributed by atoms with E-state index in [1.807, 2.05) is 0 Å². The largest absolute Gasteiger partial charge is 0.473 e. The minimum atomic E-state index is -1.29. The van der Waals surface area contributed by atoms with Gasteiger partial charge in [-0.25, -0.2) is 9.18 Å². The molecule has 6 nitrogen and oxygen atoms in total. The number of carbonyl (C=O) groups excluding carboxylic acids is 1. The van der Waals surface area contributed by atoms with E-state index in [0.29, 0.717) is 6.07 Å². The molecule has 1 aromatic rings. The molecule has 9 heteroatoms. The zero-order chi connectivity index (χ0) is 13.9. The number of ether oxygens (including phenoxy) is 2. The molecule has 98 valence electrons. The van der Waals surface area contributed by atoms with Crippen LogP contribution in [0.5, 0.6) is 5.75 Å². The summed E-state index contributed by atoms with van der Waals surface area (Å²) >= 11 is 2.63. The van der Waals surface area contributed by atoms with Gasteiger partial charge in [0.1, 0.15) is 0 Å². The second kappa shape index (κ2) is 5.71. The second-order valence-electron chi connectivity index (χ2n) is 2.95. The van der Waals surface area contributed by atoms with Gasteiger partial charge in [0.25, 0.3) is 0 Å². The highest BCUT2D eigenvalue weighted by Crippen LogP contribution is 2.37. The number of methoxy groups -OCH3 is 1. The Labute approximate surface area is 108 Å². The molecule has 0 amide bonds. The molecule has 0 unspecified atom stereocenters. The van der Waals surface area contributed by atoms with Gasteiger partial charge in [-0.2, -0.15) is 4.39 Å². The quantitative estimate of drug-likeness (QED) is 0.367. The summed E-state index contributed by atoms with van der Waals surface area (Å²) in [4.78, 5) is 20.3. The van der Waals surface area contributed by atoms with Crippen molar-refractivity contribution in [2.45, 2.75) is 0 Å². The monoisotopic (exact) mass is 325 g/mol. The van der Waals surface area contributed by atoms with Gasteiger partial charge in [0.2, 0.25) is 11.6 Å². The zero-order valence-corrected chi connectivity index (χ0v) is 10.5. The van der Waals surface area contributed by atoms with Gasteiger partial charge in [0, 0.05) is 0 Å². The summed E-state index contributed by atoms with van der Waals surface area (Å²) in [6.45, 7) is -0.769. The van der Waals surface area contributed by atoms with E-state index in [1.165, 1.54) is 0 Å². The fraction of sp³-hybridized carbons (Fsp3) is 0.222. The average Bonchev–Trinajstić information content (AvgIpc) is 2.30. The van der Waals surface area contributed by atoms with Crippen LogP contribution in [-0.2, 0) is 9.53 Å². The SMILES string of the molecule is COC(=O)COc1c(F)cc(Br)c(F)c1[N+](=O)[O-]. The predicted octanol–water partition coefficient (Wildman–Crippen LogP) is 2.19. The molecule has 0 aromatic heterocycles. The first-order chi connectivity index (χ1) is 8.38. The molecule has 0 atom stereocenters. The lowest BCUT2D eigenvalue weighted by Gasteiger charge is -2.08. The summed E-state index contributed by atoms with van der Waals surface area (Å²) in [6, 6.07) is 0.662. The molecular formula is C9H6BrF2NO5. The molecule has 0 heterocycles. The number of carbonyl (C=O) groups is 1. The Hall–Kier alpha value is -1.77. The molecular weight excluding hydrogens is 320 g/mol. The van der Waals surface area contributed by atoms with Crippen LogP contribution >= 0.6 is 15.9 Å². The Morgan fingerprint density at radius 3 is 2.67 bits per heavy atom. The lowest BCUT2D eigenvalue weighted by atomic mass is 10.2. The summed E-state index contributed by atoms with van der Waals surface area (Å²) < 4.78 is 35.2. The minimum absolute atomic E-state index is 0.419. The van der Waals surface area contributed by atoms with Crippen molar-refractivity contribution in [1.82, 2.24) is 0 Å². The number of rotatable bonds is 4. The summed E-state index contributed by atoms with van der Waals surface area (Å²) in [5, 5.41) is 10.6. The second-order valence-corrected chi connectivity index (χ2v) is 3.81. The topological polar surface area (TPSA) is 78.7 Å². The van der Waals surface area contributed by atoms with Gasteiger partial charge in [-0.05, 0) is 22.0 Å². The molecule has 0 radical (unpaired) electrons. The Morgan fingerprint density at radius 1 is 1.56 bits per heavy atom. The van der Waals surface area contributed by atoms with Crippen LogP contribution in [0.1, 0.15) is 0 Å². The molecule has 0 saturated carbocycles. The van der Waals surface area contributed by atoms with Crippen molar-refractivity contribution < 1.29 is 28.0 Å². The highest BCUT2D eigenvalue weighted by Gasteiger charge is 2.29. The van der Waals surface area contributed by atoms with Gasteiger partial charge in [-0.1, -0.05) is 0 Å². The third kappa shape index (κ3) is 2.92. The predicted molar refractivity (Wildman–Crippen MR) is 58.2 cm³/mol. The standard InChI is InChI=1S/C9H6BrF2NO5/c1-17-6(14)3-18-9-5(11)2-4(10)7(12)8(9)13(15)16/h2H,3H2,1H3. The lowest BCUT2D eigenvalue weighted by Crippen LogP contribution is -2.14. The Morgan fingerprint density at radius 2 is 2.17 bits per heavy atom. The van der Waals surface area contributed by atoms with Gasteiger partial charge in [-0.15, -0.1) is 0 Å². The van der Waals surface area contributed by atoms with Crippen molar-refractivity contribution in [2.24, 2.45) is 0 Å². The van der Waals surface area contributed by atoms with Crippen LogP contribution in [0.3, 0.4) is 0 Å². The fourth-order valence-corrected chi connectivity index (χ4v) is 1.45.